The average molecular weight is 334 g/mol. The molecule has 1 heterocycles. The highest BCUT2D eigenvalue weighted by Gasteiger charge is 2.35. The fourth-order valence-corrected chi connectivity index (χ4v) is 6.91. The summed E-state index contributed by atoms with van der Waals surface area (Å²) in [5.74, 6) is -0.204. The molecule has 1 aromatic heterocycles. The normalized spacial score (nSPS) is 15.6. The van der Waals surface area contributed by atoms with Gasteiger partial charge in [0.15, 0.2) is 0 Å². The molecule has 0 saturated carbocycles. The third kappa shape index (κ3) is 3.65. The van der Waals surface area contributed by atoms with Crippen molar-refractivity contribution in [1.29, 1.82) is 0 Å². The summed E-state index contributed by atoms with van der Waals surface area (Å²) in [7, 11) is 1.44. The summed E-state index contributed by atoms with van der Waals surface area (Å²) >= 11 is 1.14. The quantitative estimate of drug-likeness (QED) is 0.584. The van der Waals surface area contributed by atoms with E-state index in [4.69, 9.17) is 4.52 Å². The third-order valence-electron chi connectivity index (χ3n) is 3.06. The fraction of sp³-hybridized carbons (Fsp3) is 0.615. The molecule has 8 heteroatoms. The van der Waals surface area contributed by atoms with E-state index in [0.29, 0.717) is 0 Å². The maximum atomic E-state index is 13.2. The van der Waals surface area contributed by atoms with E-state index in [9.17, 15) is 14.5 Å². The Morgan fingerprint density at radius 1 is 1.52 bits per heavy atom. The van der Waals surface area contributed by atoms with Crippen LogP contribution in [-0.4, -0.2) is 25.9 Å². The lowest BCUT2D eigenvalue weighted by atomic mass is 10.3. The molecule has 1 aromatic rings. The van der Waals surface area contributed by atoms with Crippen molar-refractivity contribution in [2.24, 2.45) is 7.05 Å². The zero-order valence-corrected chi connectivity index (χ0v) is 14.6. The second-order valence-corrected chi connectivity index (χ2v) is 9.25. The van der Waals surface area contributed by atoms with E-state index in [0.717, 1.165) is 26.7 Å². The third-order valence-corrected chi connectivity index (χ3v) is 8.19. The van der Waals surface area contributed by atoms with E-state index in [1.54, 1.807) is 13.0 Å². The van der Waals surface area contributed by atoms with Crippen molar-refractivity contribution in [3.8, 4) is 5.88 Å². The molecule has 0 radical (unpaired) electrons. The first-order valence-corrected chi connectivity index (χ1v) is 9.92. The van der Waals surface area contributed by atoms with Crippen LogP contribution in [0.3, 0.4) is 0 Å². The van der Waals surface area contributed by atoms with Crippen molar-refractivity contribution >= 4 is 18.1 Å². The molecule has 120 valence electrons. The van der Waals surface area contributed by atoms with Gasteiger partial charge in [-0.2, -0.15) is 0 Å². The van der Waals surface area contributed by atoms with Gasteiger partial charge in [0.05, 0.1) is 12.3 Å². The number of allylic oxidation sites excluding steroid dienone is 1. The molecular weight excluding hydrogens is 311 g/mol. The maximum absolute atomic E-state index is 13.2. The molecule has 2 unspecified atom stereocenters. The minimum atomic E-state index is -3.46. The molecule has 0 aliphatic heterocycles. The highest BCUT2D eigenvalue weighted by molar-refractivity contribution is 8.56. The first-order valence-electron chi connectivity index (χ1n) is 6.86. The van der Waals surface area contributed by atoms with Crippen LogP contribution in [0.15, 0.2) is 17.4 Å². The van der Waals surface area contributed by atoms with E-state index >= 15 is 0 Å². The highest BCUT2D eigenvalue weighted by Crippen LogP contribution is 2.62. The van der Waals surface area contributed by atoms with E-state index in [1.165, 1.54) is 7.05 Å². The maximum Gasteiger partial charge on any atom is 0.361 e. The lowest BCUT2D eigenvalue weighted by Crippen LogP contribution is -2.22. The molecule has 0 aliphatic carbocycles. The van der Waals surface area contributed by atoms with Crippen LogP contribution in [0.2, 0.25) is 0 Å². The smallest absolute Gasteiger partial charge is 0.361 e. The van der Waals surface area contributed by atoms with E-state index in [1.807, 2.05) is 13.8 Å². The number of hydrogen-bond acceptors (Lipinski definition) is 5. The van der Waals surface area contributed by atoms with Gasteiger partial charge >= 0.3 is 12.4 Å². The van der Waals surface area contributed by atoms with Crippen molar-refractivity contribution in [2.75, 3.05) is 6.61 Å². The van der Waals surface area contributed by atoms with Gasteiger partial charge in [-0.05, 0) is 24.7 Å². The molecule has 2 atom stereocenters. The molecule has 6 nitrogen and oxygen atoms in total. The second-order valence-electron chi connectivity index (χ2n) is 4.63. The predicted molar refractivity (Wildman–Crippen MR) is 87.2 cm³/mol. The van der Waals surface area contributed by atoms with Gasteiger partial charge in [0, 0.05) is 18.7 Å². The minimum Gasteiger partial charge on any atom is -0.493 e. The first kappa shape index (κ1) is 18.1. The summed E-state index contributed by atoms with van der Waals surface area (Å²) in [6.45, 7) is 6.00. The first-order chi connectivity index (χ1) is 9.82. The van der Waals surface area contributed by atoms with Crippen molar-refractivity contribution in [3.63, 3.8) is 0 Å². The van der Waals surface area contributed by atoms with Crippen LogP contribution in [0.4, 0.5) is 0 Å². The summed E-state index contributed by atoms with van der Waals surface area (Å²) in [6.07, 6.45) is 2.58. The second kappa shape index (κ2) is 7.38. The lowest BCUT2D eigenvalue weighted by Gasteiger charge is -2.21. The molecule has 1 N–H and O–H groups in total. The topological polar surface area (TPSA) is 73.5 Å². The van der Waals surface area contributed by atoms with Crippen molar-refractivity contribution < 1.29 is 14.2 Å². The fourth-order valence-electron chi connectivity index (χ4n) is 1.80. The van der Waals surface area contributed by atoms with Gasteiger partial charge in [-0.3, -0.25) is 9.13 Å². The zero-order chi connectivity index (χ0) is 16.2. The largest absolute Gasteiger partial charge is 0.493 e. The van der Waals surface area contributed by atoms with Crippen LogP contribution in [0.25, 0.3) is 0 Å². The van der Waals surface area contributed by atoms with Gasteiger partial charge in [0.2, 0.25) is 5.88 Å². The average Bonchev–Trinajstić information content (AvgIpc) is 2.64. The number of aromatic hydroxyl groups is 1. The van der Waals surface area contributed by atoms with E-state index < -0.39 is 12.4 Å². The molecule has 0 spiro atoms. The SMILES string of the molecule is C=CCc1c(O)n(C)c(=O)n1P(=O)(OCC)SC(C)CC. The predicted octanol–water partition coefficient (Wildman–Crippen LogP) is 3.15. The molecular formula is C13H23N2O4PS. The molecule has 0 saturated heterocycles. The Morgan fingerprint density at radius 2 is 2.14 bits per heavy atom. The monoisotopic (exact) mass is 334 g/mol. The van der Waals surface area contributed by atoms with Crippen LogP contribution in [0, 0.1) is 0 Å². The van der Waals surface area contributed by atoms with Crippen LogP contribution in [-0.2, 0) is 22.6 Å². The molecule has 0 amide bonds. The number of rotatable bonds is 8. The van der Waals surface area contributed by atoms with E-state index in [2.05, 4.69) is 6.58 Å². The molecule has 1 rings (SSSR count). The van der Waals surface area contributed by atoms with Crippen molar-refractivity contribution in [1.82, 2.24) is 8.90 Å². The molecule has 0 bridgehead atoms. The van der Waals surface area contributed by atoms with Crippen LogP contribution >= 0.6 is 18.1 Å². The Bertz CT molecular complexity index is 608. The zero-order valence-electron chi connectivity index (χ0n) is 12.9. The molecule has 0 fully saturated rings. The van der Waals surface area contributed by atoms with Gasteiger partial charge in [-0.15, -0.1) is 6.58 Å². The Kier molecular flexibility index (Phi) is 6.38. The van der Waals surface area contributed by atoms with Gasteiger partial charge in [-0.1, -0.05) is 19.9 Å². The molecule has 0 aromatic carbocycles. The Balaban J connectivity index is 3.51. The summed E-state index contributed by atoms with van der Waals surface area (Å²) in [5.41, 5.74) is -0.276. The summed E-state index contributed by atoms with van der Waals surface area (Å²) in [4.78, 5) is 12.3. The standard InChI is InChI=1S/C13H23N2O4PS/c1-6-9-11-12(16)14(5)13(17)15(11)20(18,19-8-3)21-10(4)7-2/h6,10,16H,1,7-9H2,2-5H3. The summed E-state index contributed by atoms with van der Waals surface area (Å²) in [6, 6.07) is 0. The Hall–Kier alpha value is -0.910. The number of nitrogens with zero attached hydrogens (tertiary/aromatic N) is 2. The van der Waals surface area contributed by atoms with Crippen molar-refractivity contribution in [3.05, 3.63) is 28.8 Å². The number of imidazole rings is 1. The Morgan fingerprint density at radius 3 is 2.62 bits per heavy atom. The van der Waals surface area contributed by atoms with Crippen molar-refractivity contribution in [2.45, 2.75) is 38.9 Å². The van der Waals surface area contributed by atoms with Gasteiger partial charge in [0.25, 0.3) is 0 Å². The van der Waals surface area contributed by atoms with Crippen LogP contribution < -0.4 is 5.69 Å². The number of aromatic nitrogens is 2. The van der Waals surface area contributed by atoms with Crippen LogP contribution in [0.5, 0.6) is 5.88 Å². The highest BCUT2D eigenvalue weighted by atomic mass is 32.7. The Labute approximate surface area is 129 Å². The van der Waals surface area contributed by atoms with E-state index in [-0.39, 0.29) is 29.9 Å². The summed E-state index contributed by atoms with van der Waals surface area (Å²) in [5, 5.41) is 10.1. The minimum absolute atomic E-state index is 0.0632. The van der Waals surface area contributed by atoms with Gasteiger partial charge in [0.1, 0.15) is 0 Å². The molecule has 21 heavy (non-hydrogen) atoms. The van der Waals surface area contributed by atoms with Crippen LogP contribution in [0.1, 0.15) is 32.9 Å². The molecule has 0 aliphatic rings. The summed E-state index contributed by atoms with van der Waals surface area (Å²) < 4.78 is 20.8. The lowest BCUT2D eigenvalue weighted by molar-refractivity contribution is 0.338. The number of hydrogen-bond donors (Lipinski definition) is 1. The van der Waals surface area contributed by atoms with Gasteiger partial charge in [-0.25, -0.2) is 9.13 Å². The van der Waals surface area contributed by atoms with Gasteiger partial charge < -0.3 is 9.63 Å².